The van der Waals surface area contributed by atoms with Crippen LogP contribution in [0.15, 0.2) is 12.3 Å². The lowest BCUT2D eigenvalue weighted by molar-refractivity contribution is -0.138. The van der Waals surface area contributed by atoms with Gasteiger partial charge in [0, 0.05) is 57.9 Å². The second kappa shape index (κ2) is 7.34. The molecule has 1 spiro atoms. The summed E-state index contributed by atoms with van der Waals surface area (Å²) in [5, 5.41) is 0. The van der Waals surface area contributed by atoms with Gasteiger partial charge in [-0.15, -0.1) is 0 Å². The fourth-order valence-electron chi connectivity index (χ4n) is 3.93. The summed E-state index contributed by atoms with van der Waals surface area (Å²) < 4.78 is 5.12. The molecule has 0 bridgehead atoms. The Bertz CT molecular complexity index is 582. The normalized spacial score (nSPS) is 24.6. The molecule has 2 N–H and O–H groups in total. The lowest BCUT2D eigenvalue weighted by atomic mass is 9.73. The van der Waals surface area contributed by atoms with Crippen LogP contribution in [0.4, 0.5) is 11.8 Å². The minimum absolute atomic E-state index is 0.146. The molecule has 0 aliphatic carbocycles. The van der Waals surface area contributed by atoms with E-state index in [-0.39, 0.29) is 11.3 Å². The minimum atomic E-state index is 0.146. The van der Waals surface area contributed by atoms with Crippen LogP contribution in [0, 0.1) is 5.41 Å². The zero-order valence-electron chi connectivity index (χ0n) is 14.4. The first-order chi connectivity index (χ1) is 11.6. The van der Waals surface area contributed by atoms with Gasteiger partial charge in [-0.25, -0.2) is 4.98 Å². The van der Waals surface area contributed by atoms with Crippen LogP contribution in [0.5, 0.6) is 0 Å². The van der Waals surface area contributed by atoms with E-state index in [1.807, 2.05) is 4.90 Å². The Morgan fingerprint density at radius 1 is 1.38 bits per heavy atom. The Kier molecular flexibility index (Phi) is 5.18. The number of ether oxygens (including phenoxy) is 1. The van der Waals surface area contributed by atoms with E-state index in [1.54, 1.807) is 19.4 Å². The number of likely N-dealkylation sites (tertiary alicyclic amines) is 1. The number of piperidine rings is 2. The molecule has 2 saturated heterocycles. The first kappa shape index (κ1) is 17.0. The maximum absolute atomic E-state index is 12.2. The zero-order chi connectivity index (χ0) is 17.0. The molecule has 7 nitrogen and oxygen atoms in total. The maximum Gasteiger partial charge on any atom is 0.227 e. The quantitative estimate of drug-likeness (QED) is 0.818. The van der Waals surface area contributed by atoms with Crippen molar-refractivity contribution in [3.63, 3.8) is 0 Å². The lowest BCUT2D eigenvalue weighted by Crippen LogP contribution is -2.54. The molecule has 2 aliphatic rings. The van der Waals surface area contributed by atoms with Gasteiger partial charge in [0.05, 0.1) is 0 Å². The molecule has 2 fully saturated rings. The summed E-state index contributed by atoms with van der Waals surface area (Å²) in [5.41, 5.74) is 5.95. The van der Waals surface area contributed by atoms with Crippen LogP contribution < -0.4 is 10.6 Å². The summed E-state index contributed by atoms with van der Waals surface area (Å²) in [6.07, 6.45) is 6.43. The molecule has 0 aromatic carbocycles. The molecule has 1 atom stereocenters. The highest BCUT2D eigenvalue weighted by Crippen LogP contribution is 2.39. The Morgan fingerprint density at radius 2 is 2.25 bits per heavy atom. The number of hydrogen-bond donors (Lipinski definition) is 1. The van der Waals surface area contributed by atoms with Gasteiger partial charge < -0.3 is 20.3 Å². The molecule has 0 unspecified atom stereocenters. The number of hydrogen-bond acceptors (Lipinski definition) is 6. The minimum Gasteiger partial charge on any atom is -0.385 e. The van der Waals surface area contributed by atoms with Crippen molar-refractivity contribution in [2.24, 2.45) is 5.41 Å². The van der Waals surface area contributed by atoms with Gasteiger partial charge in [0.15, 0.2) is 0 Å². The summed E-state index contributed by atoms with van der Waals surface area (Å²) in [5.74, 6) is 1.48. The van der Waals surface area contributed by atoms with Gasteiger partial charge in [0.1, 0.15) is 5.82 Å². The third-order valence-corrected chi connectivity index (χ3v) is 5.13. The summed E-state index contributed by atoms with van der Waals surface area (Å²) in [7, 11) is 1.70. The topological polar surface area (TPSA) is 84.6 Å². The summed E-state index contributed by atoms with van der Waals surface area (Å²) in [6.45, 7) is 4.14. The number of rotatable bonds is 5. The van der Waals surface area contributed by atoms with E-state index in [2.05, 4.69) is 14.9 Å². The zero-order valence-corrected chi connectivity index (χ0v) is 14.4. The van der Waals surface area contributed by atoms with Gasteiger partial charge in [-0.3, -0.25) is 4.79 Å². The second-order valence-electron chi connectivity index (χ2n) is 6.97. The van der Waals surface area contributed by atoms with Crippen molar-refractivity contribution in [3.8, 4) is 0 Å². The third kappa shape index (κ3) is 3.77. The van der Waals surface area contributed by atoms with Crippen LogP contribution in [0.2, 0.25) is 0 Å². The number of nitrogens with zero attached hydrogens (tertiary/aromatic N) is 4. The standard InChI is InChI=1S/C17H27N5O2/c1-24-11-3-10-21-12-17(7-4-15(21)23)6-2-9-22(13-17)16-19-8-5-14(18)20-16/h5,8H,2-4,6-7,9-13H2,1H3,(H2,18,19,20)/t17-/m1/s1. The molecule has 3 rings (SSSR count). The molecule has 1 aromatic rings. The summed E-state index contributed by atoms with van der Waals surface area (Å²) in [6, 6.07) is 1.71. The van der Waals surface area contributed by atoms with E-state index in [0.717, 1.165) is 51.9 Å². The van der Waals surface area contributed by atoms with Crippen molar-refractivity contribution in [3.05, 3.63) is 12.3 Å². The maximum atomic E-state index is 12.2. The number of nitrogen functional groups attached to an aromatic ring is 1. The molecule has 7 heteroatoms. The van der Waals surface area contributed by atoms with Crippen molar-refractivity contribution < 1.29 is 9.53 Å². The predicted molar refractivity (Wildman–Crippen MR) is 92.6 cm³/mol. The highest BCUT2D eigenvalue weighted by Gasteiger charge is 2.42. The van der Waals surface area contributed by atoms with Gasteiger partial charge >= 0.3 is 0 Å². The van der Waals surface area contributed by atoms with Crippen LogP contribution in [0.1, 0.15) is 32.1 Å². The number of methoxy groups -OCH3 is 1. The molecular formula is C17H27N5O2. The molecule has 0 radical (unpaired) electrons. The molecule has 132 valence electrons. The number of amides is 1. The summed E-state index contributed by atoms with van der Waals surface area (Å²) >= 11 is 0. The van der Waals surface area contributed by atoms with E-state index in [0.29, 0.717) is 24.8 Å². The van der Waals surface area contributed by atoms with Crippen LogP contribution in [0.3, 0.4) is 0 Å². The average molecular weight is 333 g/mol. The molecule has 0 saturated carbocycles. The Labute approximate surface area is 143 Å². The molecule has 1 amide bonds. The fourth-order valence-corrected chi connectivity index (χ4v) is 3.93. The number of carbonyl (C=O) groups is 1. The van der Waals surface area contributed by atoms with Crippen LogP contribution >= 0.6 is 0 Å². The van der Waals surface area contributed by atoms with Gasteiger partial charge in [-0.1, -0.05) is 0 Å². The van der Waals surface area contributed by atoms with Crippen molar-refractivity contribution in [2.45, 2.75) is 32.1 Å². The monoisotopic (exact) mass is 333 g/mol. The first-order valence-corrected chi connectivity index (χ1v) is 8.72. The predicted octanol–water partition coefficient (Wildman–Crippen LogP) is 1.30. The third-order valence-electron chi connectivity index (χ3n) is 5.13. The van der Waals surface area contributed by atoms with E-state index in [1.165, 1.54) is 0 Å². The van der Waals surface area contributed by atoms with Crippen molar-refractivity contribution >= 4 is 17.7 Å². The van der Waals surface area contributed by atoms with Crippen LogP contribution in [0.25, 0.3) is 0 Å². The molecule has 3 heterocycles. The average Bonchev–Trinajstić information content (AvgIpc) is 2.59. The highest BCUT2D eigenvalue weighted by molar-refractivity contribution is 5.77. The molecule has 24 heavy (non-hydrogen) atoms. The highest BCUT2D eigenvalue weighted by atomic mass is 16.5. The Morgan fingerprint density at radius 3 is 3.04 bits per heavy atom. The molecule has 2 aliphatic heterocycles. The van der Waals surface area contributed by atoms with E-state index in [9.17, 15) is 4.79 Å². The molecule has 1 aromatic heterocycles. The van der Waals surface area contributed by atoms with E-state index in [4.69, 9.17) is 10.5 Å². The Hall–Kier alpha value is -1.89. The van der Waals surface area contributed by atoms with Crippen LogP contribution in [-0.4, -0.2) is 60.7 Å². The van der Waals surface area contributed by atoms with Gasteiger partial charge in [-0.2, -0.15) is 4.98 Å². The van der Waals surface area contributed by atoms with Crippen molar-refractivity contribution in [2.75, 3.05) is 50.5 Å². The number of nitrogens with two attached hydrogens (primary N) is 1. The summed E-state index contributed by atoms with van der Waals surface area (Å²) in [4.78, 5) is 25.2. The Balaban J connectivity index is 1.69. The second-order valence-corrected chi connectivity index (χ2v) is 6.97. The lowest BCUT2D eigenvalue weighted by Gasteiger charge is -2.48. The van der Waals surface area contributed by atoms with E-state index < -0.39 is 0 Å². The van der Waals surface area contributed by atoms with Crippen molar-refractivity contribution in [1.29, 1.82) is 0 Å². The molecular weight excluding hydrogens is 306 g/mol. The smallest absolute Gasteiger partial charge is 0.227 e. The number of carbonyl (C=O) groups excluding carboxylic acids is 1. The van der Waals surface area contributed by atoms with Gasteiger partial charge in [0.25, 0.3) is 0 Å². The van der Waals surface area contributed by atoms with Crippen molar-refractivity contribution in [1.82, 2.24) is 14.9 Å². The van der Waals surface area contributed by atoms with Gasteiger partial charge in [-0.05, 0) is 31.7 Å². The fraction of sp³-hybridized carbons (Fsp3) is 0.706. The van der Waals surface area contributed by atoms with Gasteiger partial charge in [0.2, 0.25) is 11.9 Å². The first-order valence-electron chi connectivity index (χ1n) is 8.72. The largest absolute Gasteiger partial charge is 0.385 e. The number of aromatic nitrogens is 2. The number of anilines is 2. The van der Waals surface area contributed by atoms with Crippen LogP contribution in [-0.2, 0) is 9.53 Å². The SMILES string of the molecule is COCCCN1C[C@@]2(CCCN(c3nccc(N)n3)C2)CCC1=O. The van der Waals surface area contributed by atoms with E-state index >= 15 is 0 Å².